The monoisotopic (exact) mass is 246 g/mol. The standard InChI is InChI=1S/C10H6N4O2S/c11-4-6-5-13-10(17-6)14-9(16)7-2-1-3-12-8(7)15/h1-3,5H,(H,12,15)(H,13,14,16). The third kappa shape index (κ3) is 2.38. The van der Waals surface area contributed by atoms with Crippen molar-refractivity contribution >= 4 is 22.4 Å². The van der Waals surface area contributed by atoms with E-state index < -0.39 is 11.5 Å². The summed E-state index contributed by atoms with van der Waals surface area (Å²) >= 11 is 1.05. The van der Waals surface area contributed by atoms with Gasteiger partial charge in [-0.2, -0.15) is 5.26 Å². The maximum Gasteiger partial charge on any atom is 0.263 e. The molecule has 2 heterocycles. The lowest BCUT2D eigenvalue weighted by atomic mass is 10.3. The molecule has 0 fully saturated rings. The molecule has 0 aliphatic rings. The Morgan fingerprint density at radius 3 is 3.06 bits per heavy atom. The molecule has 0 atom stereocenters. The molecule has 84 valence electrons. The molecule has 0 aliphatic carbocycles. The number of carbonyl (C=O) groups excluding carboxylic acids is 1. The van der Waals surface area contributed by atoms with Crippen molar-refractivity contribution in [3.63, 3.8) is 0 Å². The molecule has 2 aromatic heterocycles. The number of carbonyl (C=O) groups is 1. The van der Waals surface area contributed by atoms with Gasteiger partial charge in [0.05, 0.1) is 6.20 Å². The zero-order chi connectivity index (χ0) is 12.3. The van der Waals surface area contributed by atoms with E-state index in [0.29, 0.717) is 4.88 Å². The van der Waals surface area contributed by atoms with Gasteiger partial charge in [0.1, 0.15) is 16.5 Å². The Labute approximate surface area is 99.6 Å². The normalized spacial score (nSPS) is 9.59. The minimum atomic E-state index is -0.550. The van der Waals surface area contributed by atoms with Crippen LogP contribution in [0.15, 0.2) is 29.3 Å². The van der Waals surface area contributed by atoms with Crippen LogP contribution in [0.2, 0.25) is 0 Å². The van der Waals surface area contributed by atoms with E-state index >= 15 is 0 Å². The summed E-state index contributed by atoms with van der Waals surface area (Å²) in [6.45, 7) is 0. The molecule has 0 aromatic carbocycles. The molecule has 2 N–H and O–H groups in total. The van der Waals surface area contributed by atoms with Crippen LogP contribution >= 0.6 is 11.3 Å². The molecule has 7 heteroatoms. The van der Waals surface area contributed by atoms with Crippen molar-refractivity contribution in [2.24, 2.45) is 0 Å². The molecular weight excluding hydrogens is 240 g/mol. The number of H-pyrrole nitrogens is 1. The fourth-order valence-corrected chi connectivity index (χ4v) is 1.76. The number of hydrogen-bond acceptors (Lipinski definition) is 5. The first-order valence-corrected chi connectivity index (χ1v) is 5.37. The fraction of sp³-hybridized carbons (Fsp3) is 0. The largest absolute Gasteiger partial charge is 0.328 e. The Hall–Kier alpha value is -2.46. The maximum absolute atomic E-state index is 11.7. The van der Waals surface area contributed by atoms with Crippen LogP contribution in [0.25, 0.3) is 0 Å². The molecule has 2 aromatic rings. The van der Waals surface area contributed by atoms with Crippen molar-refractivity contribution in [1.29, 1.82) is 5.26 Å². The number of rotatable bonds is 2. The molecule has 1 amide bonds. The van der Waals surface area contributed by atoms with Crippen LogP contribution in [0.5, 0.6) is 0 Å². The fourth-order valence-electron chi connectivity index (χ4n) is 1.15. The number of aromatic nitrogens is 2. The molecule has 0 saturated carbocycles. The van der Waals surface area contributed by atoms with Gasteiger partial charge < -0.3 is 4.98 Å². The summed E-state index contributed by atoms with van der Waals surface area (Å²) in [6.07, 6.45) is 2.80. The van der Waals surface area contributed by atoms with Crippen LogP contribution in [0.4, 0.5) is 5.13 Å². The van der Waals surface area contributed by atoms with Gasteiger partial charge in [0.2, 0.25) is 0 Å². The van der Waals surface area contributed by atoms with Gasteiger partial charge in [-0.1, -0.05) is 11.3 Å². The number of nitrogens with one attached hydrogen (secondary N) is 2. The summed E-state index contributed by atoms with van der Waals surface area (Å²) in [4.78, 5) is 29.6. The van der Waals surface area contributed by atoms with Gasteiger partial charge in [-0.15, -0.1) is 0 Å². The van der Waals surface area contributed by atoms with Gasteiger partial charge in [-0.05, 0) is 12.1 Å². The first kappa shape index (κ1) is 11.0. The van der Waals surface area contributed by atoms with Gasteiger partial charge in [0.25, 0.3) is 11.5 Å². The Morgan fingerprint density at radius 2 is 2.41 bits per heavy atom. The third-order valence-corrected chi connectivity index (χ3v) is 2.72. The summed E-state index contributed by atoms with van der Waals surface area (Å²) in [6, 6.07) is 4.87. The van der Waals surface area contributed by atoms with Gasteiger partial charge in [0, 0.05) is 6.20 Å². The lowest BCUT2D eigenvalue weighted by molar-refractivity contribution is 0.102. The van der Waals surface area contributed by atoms with Crippen LogP contribution in [0.3, 0.4) is 0 Å². The SMILES string of the molecule is N#Cc1cnc(NC(=O)c2ccc[nH]c2=O)s1. The topological polar surface area (TPSA) is 98.6 Å². The Morgan fingerprint density at radius 1 is 1.59 bits per heavy atom. The van der Waals surface area contributed by atoms with E-state index in [1.807, 2.05) is 6.07 Å². The van der Waals surface area contributed by atoms with E-state index in [1.165, 1.54) is 18.5 Å². The molecular formula is C10H6N4O2S. The second-order valence-corrected chi connectivity index (χ2v) is 4.04. The van der Waals surface area contributed by atoms with Crippen LogP contribution in [-0.2, 0) is 0 Å². The number of hydrogen-bond donors (Lipinski definition) is 2. The molecule has 0 aliphatic heterocycles. The second-order valence-electron chi connectivity index (χ2n) is 3.01. The number of aromatic amines is 1. The average Bonchev–Trinajstić information content (AvgIpc) is 2.77. The quantitative estimate of drug-likeness (QED) is 0.824. The minimum absolute atomic E-state index is 0.00112. The molecule has 0 radical (unpaired) electrons. The predicted molar refractivity (Wildman–Crippen MR) is 61.8 cm³/mol. The lowest BCUT2D eigenvalue weighted by Gasteiger charge is -1.99. The highest BCUT2D eigenvalue weighted by molar-refractivity contribution is 7.16. The molecule has 0 saturated heterocycles. The molecule has 2 rings (SSSR count). The van der Waals surface area contributed by atoms with Crippen LogP contribution in [0, 0.1) is 11.3 Å². The molecule has 0 unspecified atom stereocenters. The van der Waals surface area contributed by atoms with Gasteiger partial charge in [0.15, 0.2) is 5.13 Å². The zero-order valence-corrected chi connectivity index (χ0v) is 9.25. The van der Waals surface area contributed by atoms with E-state index in [1.54, 1.807) is 6.07 Å². The summed E-state index contributed by atoms with van der Waals surface area (Å²) in [5, 5.41) is 11.3. The van der Waals surface area contributed by atoms with E-state index in [9.17, 15) is 9.59 Å². The maximum atomic E-state index is 11.7. The van der Waals surface area contributed by atoms with Crippen molar-refractivity contribution in [2.45, 2.75) is 0 Å². The van der Waals surface area contributed by atoms with Gasteiger partial charge in [-0.3, -0.25) is 14.9 Å². The molecule has 17 heavy (non-hydrogen) atoms. The number of pyridine rings is 1. The summed E-state index contributed by atoms with van der Waals surface area (Å²) in [5.74, 6) is -0.550. The van der Waals surface area contributed by atoms with Crippen molar-refractivity contribution in [3.05, 3.63) is 45.3 Å². The molecule has 0 spiro atoms. The number of amides is 1. The first-order valence-electron chi connectivity index (χ1n) is 4.55. The highest BCUT2D eigenvalue weighted by atomic mass is 32.1. The number of anilines is 1. The first-order chi connectivity index (χ1) is 8.20. The van der Waals surface area contributed by atoms with Crippen molar-refractivity contribution in [2.75, 3.05) is 5.32 Å². The highest BCUT2D eigenvalue weighted by Crippen LogP contribution is 2.17. The van der Waals surface area contributed by atoms with Crippen molar-refractivity contribution in [3.8, 4) is 6.07 Å². The lowest BCUT2D eigenvalue weighted by Crippen LogP contribution is -2.22. The van der Waals surface area contributed by atoms with E-state index in [0.717, 1.165) is 11.3 Å². The summed E-state index contributed by atoms with van der Waals surface area (Å²) in [7, 11) is 0. The number of nitriles is 1. The van der Waals surface area contributed by atoms with Crippen molar-refractivity contribution < 1.29 is 4.79 Å². The van der Waals surface area contributed by atoms with Crippen LogP contribution in [0.1, 0.15) is 15.2 Å². The highest BCUT2D eigenvalue weighted by Gasteiger charge is 2.11. The summed E-state index contributed by atoms with van der Waals surface area (Å²) in [5.41, 5.74) is -0.469. The van der Waals surface area contributed by atoms with E-state index in [4.69, 9.17) is 5.26 Å². The Kier molecular flexibility index (Phi) is 2.98. The summed E-state index contributed by atoms with van der Waals surface area (Å²) < 4.78 is 0. The van der Waals surface area contributed by atoms with E-state index in [-0.39, 0.29) is 10.7 Å². The minimum Gasteiger partial charge on any atom is -0.328 e. The van der Waals surface area contributed by atoms with Crippen LogP contribution in [-0.4, -0.2) is 15.9 Å². The van der Waals surface area contributed by atoms with E-state index in [2.05, 4.69) is 15.3 Å². The van der Waals surface area contributed by atoms with Gasteiger partial charge >= 0.3 is 0 Å². The molecule has 0 bridgehead atoms. The Balaban J connectivity index is 2.21. The van der Waals surface area contributed by atoms with Crippen LogP contribution < -0.4 is 10.9 Å². The van der Waals surface area contributed by atoms with Crippen molar-refractivity contribution in [1.82, 2.24) is 9.97 Å². The number of thiazole rings is 1. The zero-order valence-electron chi connectivity index (χ0n) is 8.43. The van der Waals surface area contributed by atoms with Gasteiger partial charge in [-0.25, -0.2) is 4.98 Å². The number of nitrogens with zero attached hydrogens (tertiary/aromatic N) is 2. The molecule has 6 nitrogen and oxygen atoms in total. The predicted octanol–water partition coefficient (Wildman–Crippen LogP) is 0.955. The Bertz CT molecular complexity index is 653. The average molecular weight is 246 g/mol. The smallest absolute Gasteiger partial charge is 0.263 e. The second kappa shape index (κ2) is 4.59. The third-order valence-electron chi connectivity index (χ3n) is 1.90.